The number of hydrogen-bond acceptors (Lipinski definition) is 3. The summed E-state index contributed by atoms with van der Waals surface area (Å²) in [5.74, 6) is -0.358. The number of hydrazine groups is 1. The van der Waals surface area contributed by atoms with Gasteiger partial charge in [0.2, 0.25) is 0 Å². The molecule has 0 aromatic heterocycles. The molecule has 0 fully saturated rings. The number of amides is 1. The molecule has 16 heavy (non-hydrogen) atoms. The topological polar surface area (TPSA) is 52.6 Å². The SMILES string of the molecule is CCC1(O)C=CNN(c2ccccc2)C1=O. The fraction of sp³-hybridized carbons (Fsp3) is 0.250. The highest BCUT2D eigenvalue weighted by Gasteiger charge is 2.38. The number of nitrogens with zero attached hydrogens (tertiary/aromatic N) is 1. The van der Waals surface area contributed by atoms with Crippen molar-refractivity contribution in [3.05, 3.63) is 42.6 Å². The van der Waals surface area contributed by atoms with Gasteiger partial charge >= 0.3 is 0 Å². The van der Waals surface area contributed by atoms with Gasteiger partial charge in [0.05, 0.1) is 5.69 Å². The molecule has 1 aromatic rings. The lowest BCUT2D eigenvalue weighted by molar-refractivity contribution is -0.133. The maximum atomic E-state index is 12.0. The van der Waals surface area contributed by atoms with Crippen LogP contribution in [0, 0.1) is 0 Å². The largest absolute Gasteiger partial charge is 0.376 e. The zero-order valence-electron chi connectivity index (χ0n) is 9.05. The molecule has 4 nitrogen and oxygen atoms in total. The molecule has 0 radical (unpaired) electrons. The van der Waals surface area contributed by atoms with Crippen LogP contribution in [0.25, 0.3) is 0 Å². The minimum atomic E-state index is -1.40. The van der Waals surface area contributed by atoms with Gasteiger partial charge in [0, 0.05) is 6.20 Å². The van der Waals surface area contributed by atoms with Crippen molar-refractivity contribution in [2.75, 3.05) is 5.01 Å². The Morgan fingerprint density at radius 2 is 2.06 bits per heavy atom. The Hall–Kier alpha value is -1.81. The van der Waals surface area contributed by atoms with Crippen molar-refractivity contribution in [2.45, 2.75) is 18.9 Å². The second-order valence-corrected chi connectivity index (χ2v) is 3.72. The van der Waals surface area contributed by atoms with Gasteiger partial charge in [0.25, 0.3) is 5.91 Å². The van der Waals surface area contributed by atoms with Gasteiger partial charge in [-0.2, -0.15) is 0 Å². The van der Waals surface area contributed by atoms with Gasteiger partial charge in [-0.05, 0) is 24.6 Å². The van der Waals surface area contributed by atoms with Crippen LogP contribution in [0.2, 0.25) is 0 Å². The molecule has 0 aliphatic carbocycles. The molecule has 1 amide bonds. The highest BCUT2D eigenvalue weighted by atomic mass is 16.3. The van der Waals surface area contributed by atoms with Gasteiger partial charge in [0.1, 0.15) is 0 Å². The number of carbonyl (C=O) groups is 1. The summed E-state index contributed by atoms with van der Waals surface area (Å²) < 4.78 is 0. The molecule has 1 atom stereocenters. The van der Waals surface area contributed by atoms with E-state index in [9.17, 15) is 9.90 Å². The van der Waals surface area contributed by atoms with Crippen LogP contribution in [-0.2, 0) is 4.79 Å². The second kappa shape index (κ2) is 3.98. The van der Waals surface area contributed by atoms with Gasteiger partial charge in [-0.25, -0.2) is 5.01 Å². The van der Waals surface area contributed by atoms with Crippen LogP contribution in [0.4, 0.5) is 5.69 Å². The fourth-order valence-corrected chi connectivity index (χ4v) is 1.61. The molecule has 1 aromatic carbocycles. The Bertz CT molecular complexity index is 416. The van der Waals surface area contributed by atoms with Gasteiger partial charge in [-0.3, -0.25) is 10.2 Å². The predicted octanol–water partition coefficient (Wildman–Crippen LogP) is 1.19. The number of rotatable bonds is 2. The highest BCUT2D eigenvalue weighted by Crippen LogP contribution is 2.22. The van der Waals surface area contributed by atoms with E-state index in [0.29, 0.717) is 12.1 Å². The number of aliphatic hydroxyl groups is 1. The fourth-order valence-electron chi connectivity index (χ4n) is 1.61. The number of benzene rings is 1. The minimum Gasteiger partial charge on any atom is -0.376 e. The molecule has 0 spiro atoms. The predicted molar refractivity (Wildman–Crippen MR) is 61.4 cm³/mol. The van der Waals surface area contributed by atoms with Crippen molar-refractivity contribution in [1.82, 2.24) is 5.43 Å². The van der Waals surface area contributed by atoms with E-state index in [0.717, 1.165) is 0 Å². The lowest BCUT2D eigenvalue weighted by atomic mass is 9.98. The zero-order chi connectivity index (χ0) is 11.6. The van der Waals surface area contributed by atoms with Crippen molar-refractivity contribution in [3.8, 4) is 0 Å². The highest BCUT2D eigenvalue weighted by molar-refractivity contribution is 6.00. The van der Waals surface area contributed by atoms with Crippen LogP contribution < -0.4 is 10.4 Å². The molecule has 0 bridgehead atoms. The summed E-state index contributed by atoms with van der Waals surface area (Å²) in [6.45, 7) is 1.77. The van der Waals surface area contributed by atoms with Crippen LogP contribution >= 0.6 is 0 Å². The van der Waals surface area contributed by atoms with Crippen LogP contribution in [0.15, 0.2) is 42.6 Å². The monoisotopic (exact) mass is 218 g/mol. The maximum absolute atomic E-state index is 12.0. The van der Waals surface area contributed by atoms with E-state index in [1.54, 1.807) is 25.3 Å². The summed E-state index contributed by atoms with van der Waals surface area (Å²) >= 11 is 0. The number of para-hydroxylation sites is 1. The lowest BCUT2D eigenvalue weighted by Gasteiger charge is -2.34. The van der Waals surface area contributed by atoms with E-state index in [1.807, 2.05) is 18.2 Å². The van der Waals surface area contributed by atoms with Gasteiger partial charge in [-0.15, -0.1) is 0 Å². The number of hydrogen-bond donors (Lipinski definition) is 2. The van der Waals surface area contributed by atoms with Crippen LogP contribution in [0.1, 0.15) is 13.3 Å². The van der Waals surface area contributed by atoms with E-state index in [4.69, 9.17) is 0 Å². The molecule has 1 heterocycles. The van der Waals surface area contributed by atoms with Crippen molar-refractivity contribution in [3.63, 3.8) is 0 Å². The third kappa shape index (κ3) is 1.67. The van der Waals surface area contributed by atoms with Gasteiger partial charge < -0.3 is 5.11 Å². The smallest absolute Gasteiger partial charge is 0.281 e. The molecule has 0 saturated carbocycles. The first-order valence-electron chi connectivity index (χ1n) is 5.23. The molecule has 4 heteroatoms. The molecular formula is C12H14N2O2. The Balaban J connectivity index is 2.33. The number of carbonyl (C=O) groups excluding carboxylic acids is 1. The Labute approximate surface area is 94.2 Å². The molecule has 1 aliphatic heterocycles. The summed E-state index contributed by atoms with van der Waals surface area (Å²) in [7, 11) is 0. The van der Waals surface area contributed by atoms with E-state index in [2.05, 4.69) is 5.43 Å². The normalized spacial score (nSPS) is 24.4. The average Bonchev–Trinajstić information content (AvgIpc) is 2.34. The first-order chi connectivity index (χ1) is 7.67. The Morgan fingerprint density at radius 1 is 1.38 bits per heavy atom. The first-order valence-corrected chi connectivity index (χ1v) is 5.23. The summed E-state index contributed by atoms with van der Waals surface area (Å²) in [4.78, 5) is 12.0. The Morgan fingerprint density at radius 3 is 2.69 bits per heavy atom. The van der Waals surface area contributed by atoms with E-state index in [-0.39, 0.29) is 5.91 Å². The second-order valence-electron chi connectivity index (χ2n) is 3.72. The standard InChI is InChI=1S/C12H14N2O2/c1-2-12(16)8-9-13-14(11(12)15)10-6-4-3-5-7-10/h3-9,13,16H,2H2,1H3. The van der Waals surface area contributed by atoms with Crippen molar-refractivity contribution in [2.24, 2.45) is 0 Å². The van der Waals surface area contributed by atoms with Gasteiger partial charge in [0.15, 0.2) is 5.60 Å². The molecule has 1 aliphatic rings. The molecular weight excluding hydrogens is 204 g/mol. The summed E-state index contributed by atoms with van der Waals surface area (Å²) in [6, 6.07) is 9.17. The zero-order valence-corrected chi connectivity index (χ0v) is 9.05. The summed E-state index contributed by atoms with van der Waals surface area (Å²) in [5, 5.41) is 11.4. The minimum absolute atomic E-state index is 0.355. The van der Waals surface area contributed by atoms with Crippen LogP contribution in [-0.4, -0.2) is 16.6 Å². The van der Waals surface area contributed by atoms with Crippen molar-refractivity contribution >= 4 is 11.6 Å². The third-order valence-electron chi connectivity index (χ3n) is 2.69. The average molecular weight is 218 g/mol. The Kier molecular flexibility index (Phi) is 2.66. The quantitative estimate of drug-likeness (QED) is 0.784. The van der Waals surface area contributed by atoms with E-state index < -0.39 is 5.60 Å². The molecule has 2 rings (SSSR count). The summed E-state index contributed by atoms with van der Waals surface area (Å²) in [5.41, 5.74) is 2.13. The number of anilines is 1. The summed E-state index contributed by atoms with van der Waals surface area (Å²) in [6.07, 6.45) is 3.42. The van der Waals surface area contributed by atoms with Crippen molar-refractivity contribution < 1.29 is 9.90 Å². The van der Waals surface area contributed by atoms with Crippen LogP contribution in [0.3, 0.4) is 0 Å². The number of nitrogens with one attached hydrogen (secondary N) is 1. The molecule has 0 saturated heterocycles. The maximum Gasteiger partial charge on any atom is 0.281 e. The molecule has 1 unspecified atom stereocenters. The third-order valence-corrected chi connectivity index (χ3v) is 2.69. The van der Waals surface area contributed by atoms with E-state index in [1.165, 1.54) is 11.1 Å². The molecule has 2 N–H and O–H groups in total. The van der Waals surface area contributed by atoms with E-state index >= 15 is 0 Å². The first kappa shape index (κ1) is 10.7. The molecule has 84 valence electrons. The lowest BCUT2D eigenvalue weighted by Crippen LogP contribution is -2.55. The van der Waals surface area contributed by atoms with Gasteiger partial charge in [-0.1, -0.05) is 25.1 Å². The van der Waals surface area contributed by atoms with Crippen molar-refractivity contribution in [1.29, 1.82) is 0 Å². The van der Waals surface area contributed by atoms with Crippen LogP contribution in [0.5, 0.6) is 0 Å².